The molecule has 0 aliphatic carbocycles. The van der Waals surface area contributed by atoms with E-state index >= 15 is 0 Å². The lowest BCUT2D eigenvalue weighted by atomic mass is 10.1. The minimum absolute atomic E-state index is 0.00335. The maximum Gasteiger partial charge on any atom is 0.251 e. The van der Waals surface area contributed by atoms with E-state index in [2.05, 4.69) is 10.6 Å². The van der Waals surface area contributed by atoms with Crippen molar-refractivity contribution in [3.63, 3.8) is 0 Å². The molecule has 3 N–H and O–H groups in total. The molecule has 0 aliphatic heterocycles. The molecular weight excluding hydrogens is 304 g/mol. The normalized spacial score (nSPS) is 10.2. The Morgan fingerprint density at radius 3 is 2.25 bits per heavy atom. The van der Waals surface area contributed by atoms with Gasteiger partial charge in [-0.1, -0.05) is 42.5 Å². The lowest BCUT2D eigenvalue weighted by molar-refractivity contribution is -0.121. The number of carbonyl (C=O) groups excluding carboxylic acids is 2. The molecule has 2 aromatic rings. The van der Waals surface area contributed by atoms with Gasteiger partial charge in [0.25, 0.3) is 5.91 Å². The maximum absolute atomic E-state index is 11.9. The summed E-state index contributed by atoms with van der Waals surface area (Å²) < 4.78 is 0. The Morgan fingerprint density at radius 2 is 1.58 bits per heavy atom. The second kappa shape index (κ2) is 9.47. The predicted molar refractivity (Wildman–Crippen MR) is 92.5 cm³/mol. The number of aliphatic hydroxyl groups is 1. The SMILES string of the molecule is O=C(CCc1ccccc1)NCc1ccc(C(=O)NCCO)cc1. The molecule has 0 atom stereocenters. The lowest BCUT2D eigenvalue weighted by Crippen LogP contribution is -2.26. The Labute approximate surface area is 141 Å². The molecule has 0 heterocycles. The summed E-state index contributed by atoms with van der Waals surface area (Å²) in [6.07, 6.45) is 1.17. The van der Waals surface area contributed by atoms with Crippen molar-refractivity contribution in [2.24, 2.45) is 0 Å². The number of amides is 2. The van der Waals surface area contributed by atoms with Crippen molar-refractivity contribution in [1.29, 1.82) is 0 Å². The van der Waals surface area contributed by atoms with Crippen molar-refractivity contribution in [3.8, 4) is 0 Å². The molecule has 126 valence electrons. The number of carbonyl (C=O) groups is 2. The van der Waals surface area contributed by atoms with E-state index in [1.165, 1.54) is 0 Å². The van der Waals surface area contributed by atoms with Crippen molar-refractivity contribution in [2.75, 3.05) is 13.2 Å². The summed E-state index contributed by atoms with van der Waals surface area (Å²) in [6.45, 7) is 0.586. The smallest absolute Gasteiger partial charge is 0.251 e. The quantitative estimate of drug-likeness (QED) is 0.690. The van der Waals surface area contributed by atoms with Gasteiger partial charge in [-0.05, 0) is 29.7 Å². The van der Waals surface area contributed by atoms with Crippen LogP contribution in [0.5, 0.6) is 0 Å². The average molecular weight is 326 g/mol. The number of hydrogen-bond donors (Lipinski definition) is 3. The van der Waals surface area contributed by atoms with Crippen LogP contribution < -0.4 is 10.6 Å². The van der Waals surface area contributed by atoms with Crippen LogP contribution in [0.2, 0.25) is 0 Å². The van der Waals surface area contributed by atoms with Gasteiger partial charge in [-0.2, -0.15) is 0 Å². The molecule has 0 aromatic heterocycles. The average Bonchev–Trinajstić information content (AvgIpc) is 2.64. The molecule has 2 amide bonds. The molecule has 24 heavy (non-hydrogen) atoms. The van der Waals surface area contributed by atoms with Gasteiger partial charge < -0.3 is 15.7 Å². The molecule has 0 saturated carbocycles. The molecule has 2 aromatic carbocycles. The molecule has 0 spiro atoms. The van der Waals surface area contributed by atoms with Crippen LogP contribution in [-0.2, 0) is 17.8 Å². The van der Waals surface area contributed by atoms with Crippen molar-refractivity contribution in [2.45, 2.75) is 19.4 Å². The number of nitrogens with one attached hydrogen (secondary N) is 2. The largest absolute Gasteiger partial charge is 0.395 e. The fourth-order valence-corrected chi connectivity index (χ4v) is 2.24. The summed E-state index contributed by atoms with van der Waals surface area (Å²) in [5.41, 5.74) is 2.61. The van der Waals surface area contributed by atoms with Gasteiger partial charge >= 0.3 is 0 Å². The second-order valence-corrected chi connectivity index (χ2v) is 5.44. The third kappa shape index (κ3) is 5.85. The van der Waals surface area contributed by atoms with Crippen LogP contribution in [0.1, 0.15) is 27.9 Å². The van der Waals surface area contributed by atoms with Crippen LogP contribution in [0.15, 0.2) is 54.6 Å². The Bertz CT molecular complexity index is 654. The summed E-state index contributed by atoms with van der Waals surface area (Å²) in [7, 11) is 0. The Kier molecular flexibility index (Phi) is 6.98. The first-order valence-electron chi connectivity index (χ1n) is 7.97. The highest BCUT2D eigenvalue weighted by atomic mass is 16.3. The van der Waals surface area contributed by atoms with Crippen LogP contribution >= 0.6 is 0 Å². The first kappa shape index (κ1) is 17.7. The maximum atomic E-state index is 11.9. The highest BCUT2D eigenvalue weighted by Crippen LogP contribution is 2.05. The number of aryl methyl sites for hydroxylation is 1. The molecule has 0 aliphatic rings. The molecule has 5 heteroatoms. The fraction of sp³-hybridized carbons (Fsp3) is 0.263. The summed E-state index contributed by atoms with van der Waals surface area (Å²) in [4.78, 5) is 23.6. The number of hydrogen-bond acceptors (Lipinski definition) is 3. The number of benzene rings is 2. The van der Waals surface area contributed by atoms with Crippen molar-refractivity contribution >= 4 is 11.8 Å². The number of rotatable bonds is 8. The van der Waals surface area contributed by atoms with Crippen LogP contribution in [0.4, 0.5) is 0 Å². The van der Waals surface area contributed by atoms with E-state index in [-0.39, 0.29) is 25.0 Å². The third-order valence-corrected chi connectivity index (χ3v) is 3.59. The summed E-state index contributed by atoms with van der Waals surface area (Å²) in [5, 5.41) is 14.2. The zero-order valence-corrected chi connectivity index (χ0v) is 13.5. The molecule has 5 nitrogen and oxygen atoms in total. The second-order valence-electron chi connectivity index (χ2n) is 5.44. The van der Waals surface area contributed by atoms with Crippen molar-refractivity contribution in [3.05, 3.63) is 71.3 Å². The van der Waals surface area contributed by atoms with E-state index in [0.717, 1.165) is 17.5 Å². The van der Waals surface area contributed by atoms with Gasteiger partial charge in [-0.15, -0.1) is 0 Å². The topological polar surface area (TPSA) is 78.4 Å². The van der Waals surface area contributed by atoms with E-state index in [0.29, 0.717) is 18.5 Å². The Balaban J connectivity index is 1.75. The summed E-state index contributed by atoms with van der Waals surface area (Å²) in [6, 6.07) is 16.9. The summed E-state index contributed by atoms with van der Waals surface area (Å²) >= 11 is 0. The predicted octanol–water partition coefficient (Wildman–Crippen LogP) is 1.66. The summed E-state index contributed by atoms with van der Waals surface area (Å²) in [5.74, 6) is -0.217. The van der Waals surface area contributed by atoms with Gasteiger partial charge in [0.1, 0.15) is 0 Å². The zero-order chi connectivity index (χ0) is 17.2. The van der Waals surface area contributed by atoms with Gasteiger partial charge in [0.05, 0.1) is 6.61 Å². The minimum atomic E-state index is -0.220. The van der Waals surface area contributed by atoms with Crippen LogP contribution in [0, 0.1) is 0 Å². The van der Waals surface area contributed by atoms with Gasteiger partial charge in [0, 0.05) is 25.1 Å². The Morgan fingerprint density at radius 1 is 0.875 bits per heavy atom. The van der Waals surface area contributed by atoms with Crippen molar-refractivity contribution in [1.82, 2.24) is 10.6 Å². The monoisotopic (exact) mass is 326 g/mol. The fourth-order valence-electron chi connectivity index (χ4n) is 2.24. The standard InChI is InChI=1S/C19H22N2O3/c22-13-12-20-19(24)17-9-6-16(7-10-17)14-21-18(23)11-8-15-4-2-1-3-5-15/h1-7,9-10,22H,8,11-14H2,(H,20,24)(H,21,23). The molecule has 0 unspecified atom stereocenters. The molecule has 0 saturated heterocycles. The van der Waals surface area contributed by atoms with Crippen LogP contribution in [0.3, 0.4) is 0 Å². The molecule has 0 bridgehead atoms. The molecular formula is C19H22N2O3. The van der Waals surface area contributed by atoms with E-state index < -0.39 is 0 Å². The molecule has 0 fully saturated rings. The van der Waals surface area contributed by atoms with Crippen LogP contribution in [0.25, 0.3) is 0 Å². The molecule has 0 radical (unpaired) electrons. The van der Waals surface area contributed by atoms with Gasteiger partial charge in [-0.3, -0.25) is 9.59 Å². The lowest BCUT2D eigenvalue weighted by Gasteiger charge is -2.07. The van der Waals surface area contributed by atoms with Gasteiger partial charge in [0.2, 0.25) is 5.91 Å². The van der Waals surface area contributed by atoms with E-state index in [1.807, 2.05) is 42.5 Å². The first-order valence-corrected chi connectivity index (χ1v) is 7.97. The van der Waals surface area contributed by atoms with E-state index in [1.54, 1.807) is 12.1 Å². The van der Waals surface area contributed by atoms with Gasteiger partial charge in [-0.25, -0.2) is 0 Å². The third-order valence-electron chi connectivity index (χ3n) is 3.59. The minimum Gasteiger partial charge on any atom is -0.395 e. The Hall–Kier alpha value is -2.66. The van der Waals surface area contributed by atoms with Gasteiger partial charge in [0.15, 0.2) is 0 Å². The highest BCUT2D eigenvalue weighted by molar-refractivity contribution is 5.94. The van der Waals surface area contributed by atoms with Crippen LogP contribution in [-0.4, -0.2) is 30.1 Å². The zero-order valence-electron chi connectivity index (χ0n) is 13.5. The van der Waals surface area contributed by atoms with Crippen molar-refractivity contribution < 1.29 is 14.7 Å². The molecule has 2 rings (SSSR count). The van der Waals surface area contributed by atoms with E-state index in [4.69, 9.17) is 5.11 Å². The highest BCUT2D eigenvalue weighted by Gasteiger charge is 2.05. The number of aliphatic hydroxyl groups excluding tert-OH is 1. The van der Waals surface area contributed by atoms with E-state index in [9.17, 15) is 9.59 Å². The first-order chi connectivity index (χ1) is 11.7.